The van der Waals surface area contributed by atoms with E-state index in [0.717, 1.165) is 34.3 Å². The van der Waals surface area contributed by atoms with Gasteiger partial charge in [-0.3, -0.25) is 9.59 Å². The molecule has 3 aromatic rings. The van der Waals surface area contributed by atoms with E-state index in [2.05, 4.69) is 48.9 Å². The van der Waals surface area contributed by atoms with Gasteiger partial charge in [0.05, 0.1) is 11.4 Å². The van der Waals surface area contributed by atoms with Crippen molar-refractivity contribution < 1.29 is 9.59 Å². The average molecular weight is 525 g/mol. The predicted octanol–water partition coefficient (Wildman–Crippen LogP) is 6.12. The van der Waals surface area contributed by atoms with Crippen molar-refractivity contribution in [2.75, 3.05) is 18.4 Å². The predicted molar refractivity (Wildman–Crippen MR) is 141 cm³/mol. The molecular weight excluding hydrogens is 492 g/mol. The van der Waals surface area contributed by atoms with Gasteiger partial charge in [0.25, 0.3) is 5.91 Å². The summed E-state index contributed by atoms with van der Waals surface area (Å²) >= 11 is 3.42. The number of halogens is 1. The Kier molecular flexibility index (Phi) is 8.31. The first-order chi connectivity index (χ1) is 16.1. The standard InChI is InChI=1S/C27H33BrN4O2/c1-6-7-15-31(26(34)20-12-10-13-21(28)16-20)18-25(33)29-24-17-23(27(3,4)5)30-32(24)22-14-9-8-11-19(22)2/h8-14,16-17H,6-7,15,18H2,1-5H3,(H,29,33). The van der Waals surface area contributed by atoms with Gasteiger partial charge < -0.3 is 10.2 Å². The van der Waals surface area contributed by atoms with Crippen LogP contribution in [0.2, 0.25) is 0 Å². The fourth-order valence-electron chi connectivity index (χ4n) is 3.58. The lowest BCUT2D eigenvalue weighted by Crippen LogP contribution is -2.39. The summed E-state index contributed by atoms with van der Waals surface area (Å²) in [6.45, 7) is 10.8. The van der Waals surface area contributed by atoms with Crippen LogP contribution in [0.25, 0.3) is 5.69 Å². The number of para-hydroxylation sites is 1. The molecule has 0 unspecified atom stereocenters. The normalized spacial score (nSPS) is 11.4. The number of nitrogens with one attached hydrogen (secondary N) is 1. The molecule has 3 rings (SSSR count). The van der Waals surface area contributed by atoms with Crippen molar-refractivity contribution in [3.8, 4) is 5.69 Å². The number of amides is 2. The van der Waals surface area contributed by atoms with E-state index < -0.39 is 0 Å². The van der Waals surface area contributed by atoms with Crippen LogP contribution in [0, 0.1) is 6.92 Å². The van der Waals surface area contributed by atoms with Crippen molar-refractivity contribution in [1.29, 1.82) is 0 Å². The molecule has 1 aromatic heterocycles. The maximum atomic E-state index is 13.2. The molecular formula is C27H33BrN4O2. The van der Waals surface area contributed by atoms with Crippen LogP contribution in [0.4, 0.5) is 5.82 Å². The van der Waals surface area contributed by atoms with Gasteiger partial charge in [0.15, 0.2) is 0 Å². The third-order valence-electron chi connectivity index (χ3n) is 5.56. The van der Waals surface area contributed by atoms with Crippen LogP contribution in [0.1, 0.15) is 62.2 Å². The van der Waals surface area contributed by atoms with Crippen LogP contribution in [0.3, 0.4) is 0 Å². The average Bonchev–Trinajstić information content (AvgIpc) is 3.20. The van der Waals surface area contributed by atoms with Gasteiger partial charge in [0, 0.05) is 28.1 Å². The SMILES string of the molecule is CCCCN(CC(=O)Nc1cc(C(C)(C)C)nn1-c1ccccc1C)C(=O)c1cccc(Br)c1. The lowest BCUT2D eigenvalue weighted by atomic mass is 9.92. The second-order valence-electron chi connectivity index (χ2n) is 9.50. The van der Waals surface area contributed by atoms with E-state index >= 15 is 0 Å². The number of hydrogen-bond donors (Lipinski definition) is 1. The summed E-state index contributed by atoms with van der Waals surface area (Å²) in [4.78, 5) is 27.9. The number of rotatable bonds is 8. The number of anilines is 1. The quantitative estimate of drug-likeness (QED) is 0.385. The largest absolute Gasteiger partial charge is 0.329 e. The van der Waals surface area contributed by atoms with E-state index in [1.807, 2.05) is 49.4 Å². The Morgan fingerprint density at radius 2 is 1.82 bits per heavy atom. The van der Waals surface area contributed by atoms with Crippen molar-refractivity contribution in [1.82, 2.24) is 14.7 Å². The van der Waals surface area contributed by atoms with Crippen LogP contribution in [-0.2, 0) is 10.2 Å². The molecule has 0 spiro atoms. The zero-order valence-corrected chi connectivity index (χ0v) is 22.1. The third kappa shape index (κ3) is 6.35. The van der Waals surface area contributed by atoms with Gasteiger partial charge in [0.1, 0.15) is 12.4 Å². The molecule has 0 fully saturated rings. The number of unbranched alkanes of at least 4 members (excludes halogenated alkanes) is 1. The van der Waals surface area contributed by atoms with Gasteiger partial charge in [-0.15, -0.1) is 0 Å². The van der Waals surface area contributed by atoms with Crippen molar-refractivity contribution in [2.24, 2.45) is 0 Å². The lowest BCUT2D eigenvalue weighted by molar-refractivity contribution is -0.117. The minimum atomic E-state index is -0.255. The van der Waals surface area contributed by atoms with Crippen molar-refractivity contribution >= 4 is 33.6 Å². The number of aryl methyl sites for hydroxylation is 1. The Hall–Kier alpha value is -2.93. The van der Waals surface area contributed by atoms with Crippen LogP contribution in [-0.4, -0.2) is 39.6 Å². The van der Waals surface area contributed by atoms with Crippen molar-refractivity contribution in [2.45, 2.75) is 52.9 Å². The summed E-state index contributed by atoms with van der Waals surface area (Å²) in [7, 11) is 0. The fourth-order valence-corrected chi connectivity index (χ4v) is 3.98. The zero-order chi connectivity index (χ0) is 24.9. The van der Waals surface area contributed by atoms with Crippen LogP contribution in [0.15, 0.2) is 59.1 Å². The highest BCUT2D eigenvalue weighted by molar-refractivity contribution is 9.10. The Morgan fingerprint density at radius 3 is 2.47 bits per heavy atom. The number of hydrogen-bond acceptors (Lipinski definition) is 3. The molecule has 0 aliphatic heterocycles. The molecule has 0 saturated heterocycles. The number of nitrogens with zero attached hydrogens (tertiary/aromatic N) is 3. The summed E-state index contributed by atoms with van der Waals surface area (Å²) in [5.41, 5.74) is 3.20. The Morgan fingerprint density at radius 1 is 1.09 bits per heavy atom. The molecule has 0 aliphatic carbocycles. The number of carbonyl (C=O) groups is 2. The van der Waals surface area contributed by atoms with E-state index in [4.69, 9.17) is 5.10 Å². The molecule has 1 heterocycles. The molecule has 34 heavy (non-hydrogen) atoms. The van der Waals surface area contributed by atoms with E-state index in [1.54, 1.807) is 21.7 Å². The highest BCUT2D eigenvalue weighted by Gasteiger charge is 2.24. The number of benzene rings is 2. The Labute approximate surface area is 210 Å². The first-order valence-electron chi connectivity index (χ1n) is 11.6. The summed E-state index contributed by atoms with van der Waals surface area (Å²) in [6, 6.07) is 17.1. The lowest BCUT2D eigenvalue weighted by Gasteiger charge is -2.22. The monoisotopic (exact) mass is 524 g/mol. The second kappa shape index (κ2) is 11.0. The van der Waals surface area contributed by atoms with Gasteiger partial charge in [-0.05, 0) is 43.2 Å². The van der Waals surface area contributed by atoms with E-state index in [9.17, 15) is 9.59 Å². The summed E-state index contributed by atoms with van der Waals surface area (Å²) in [5.74, 6) is 0.178. The van der Waals surface area contributed by atoms with E-state index in [-0.39, 0.29) is 23.8 Å². The molecule has 180 valence electrons. The molecule has 0 bridgehead atoms. The number of aromatic nitrogens is 2. The van der Waals surface area contributed by atoms with Gasteiger partial charge >= 0.3 is 0 Å². The van der Waals surface area contributed by atoms with Crippen LogP contribution < -0.4 is 5.32 Å². The maximum absolute atomic E-state index is 13.2. The highest BCUT2D eigenvalue weighted by Crippen LogP contribution is 2.27. The molecule has 0 saturated carbocycles. The summed E-state index contributed by atoms with van der Waals surface area (Å²) in [5, 5.41) is 7.81. The summed E-state index contributed by atoms with van der Waals surface area (Å²) < 4.78 is 2.61. The second-order valence-corrected chi connectivity index (χ2v) is 10.4. The van der Waals surface area contributed by atoms with Gasteiger partial charge in [-0.2, -0.15) is 5.10 Å². The van der Waals surface area contributed by atoms with E-state index in [0.29, 0.717) is 17.9 Å². The summed E-state index contributed by atoms with van der Waals surface area (Å²) in [6.07, 6.45) is 1.75. The fraction of sp³-hybridized carbons (Fsp3) is 0.370. The first-order valence-corrected chi connectivity index (χ1v) is 12.4. The number of carbonyl (C=O) groups excluding carboxylic acids is 2. The highest BCUT2D eigenvalue weighted by atomic mass is 79.9. The zero-order valence-electron chi connectivity index (χ0n) is 20.6. The van der Waals surface area contributed by atoms with Gasteiger partial charge in [-0.25, -0.2) is 4.68 Å². The minimum Gasteiger partial charge on any atom is -0.329 e. The van der Waals surface area contributed by atoms with E-state index in [1.165, 1.54) is 0 Å². The van der Waals surface area contributed by atoms with Gasteiger partial charge in [-0.1, -0.05) is 74.3 Å². The molecule has 2 amide bonds. The molecule has 2 aromatic carbocycles. The van der Waals surface area contributed by atoms with Crippen LogP contribution >= 0.6 is 15.9 Å². The van der Waals surface area contributed by atoms with Crippen LogP contribution in [0.5, 0.6) is 0 Å². The van der Waals surface area contributed by atoms with Crippen molar-refractivity contribution in [3.05, 3.63) is 75.9 Å². The molecule has 7 heteroatoms. The molecule has 0 atom stereocenters. The third-order valence-corrected chi connectivity index (χ3v) is 6.06. The smallest absolute Gasteiger partial charge is 0.254 e. The Balaban J connectivity index is 1.87. The topological polar surface area (TPSA) is 67.2 Å². The Bertz CT molecular complexity index is 1160. The minimum absolute atomic E-state index is 0.0326. The molecule has 6 nitrogen and oxygen atoms in total. The maximum Gasteiger partial charge on any atom is 0.254 e. The van der Waals surface area contributed by atoms with Crippen molar-refractivity contribution in [3.63, 3.8) is 0 Å². The molecule has 1 N–H and O–H groups in total. The van der Waals surface area contributed by atoms with Gasteiger partial charge in [0.2, 0.25) is 5.91 Å². The molecule has 0 radical (unpaired) electrons. The molecule has 0 aliphatic rings. The first kappa shape index (κ1) is 25.7.